The lowest BCUT2D eigenvalue weighted by Crippen LogP contribution is -2.18. The molecule has 2 rings (SSSR count). The predicted octanol–water partition coefficient (Wildman–Crippen LogP) is 3.45. The lowest BCUT2D eigenvalue weighted by molar-refractivity contribution is 0.0568. The van der Waals surface area contributed by atoms with E-state index in [1.807, 2.05) is 19.1 Å². The largest absolute Gasteiger partial charge is 0.464 e. The van der Waals surface area contributed by atoms with Gasteiger partial charge in [-0.2, -0.15) is 0 Å². The van der Waals surface area contributed by atoms with Crippen molar-refractivity contribution in [3.05, 3.63) is 23.7 Å². The number of furan rings is 1. The minimum Gasteiger partial charge on any atom is -0.464 e. The normalized spacial score (nSPS) is 29.0. The number of aliphatic hydroxyl groups is 1. The van der Waals surface area contributed by atoms with Crippen LogP contribution in [0.4, 0.5) is 0 Å². The molecule has 0 bridgehead atoms. The maximum Gasteiger partial charge on any atom is 0.132 e. The molecule has 0 amide bonds. The number of aryl methyl sites for hydroxylation is 1. The Morgan fingerprint density at radius 2 is 1.93 bits per heavy atom. The van der Waals surface area contributed by atoms with Crippen LogP contribution >= 0.6 is 0 Å². The third kappa shape index (κ3) is 2.43. The fourth-order valence-electron chi connectivity index (χ4n) is 2.45. The first-order valence-electron chi connectivity index (χ1n) is 5.91. The molecule has 1 aromatic heterocycles. The lowest BCUT2D eigenvalue weighted by Gasteiger charge is -2.28. The number of rotatable bonds is 2. The second kappa shape index (κ2) is 4.40. The summed E-state index contributed by atoms with van der Waals surface area (Å²) in [5.74, 6) is 2.85. The van der Waals surface area contributed by atoms with Crippen LogP contribution < -0.4 is 0 Å². The zero-order valence-electron chi connectivity index (χ0n) is 9.57. The quantitative estimate of drug-likeness (QED) is 0.807. The Morgan fingerprint density at radius 1 is 1.27 bits per heavy atom. The second-order valence-corrected chi connectivity index (χ2v) is 4.91. The standard InChI is InChI=1S/C13H20O2/c1-9-3-6-11(7-4-9)13(14)12-8-5-10(2)15-12/h5,8-9,11,13-14H,3-4,6-7H2,1-2H3. The fourth-order valence-corrected chi connectivity index (χ4v) is 2.45. The Labute approximate surface area is 91.3 Å². The van der Waals surface area contributed by atoms with E-state index in [1.165, 1.54) is 12.8 Å². The van der Waals surface area contributed by atoms with E-state index in [4.69, 9.17) is 4.42 Å². The minimum atomic E-state index is -0.397. The van der Waals surface area contributed by atoms with Crippen LogP contribution in [0.2, 0.25) is 0 Å². The first kappa shape index (κ1) is 10.7. The van der Waals surface area contributed by atoms with Crippen LogP contribution in [0.5, 0.6) is 0 Å². The van der Waals surface area contributed by atoms with Crippen molar-refractivity contribution in [3.8, 4) is 0 Å². The molecule has 0 spiro atoms. The van der Waals surface area contributed by atoms with Gasteiger partial charge in [-0.05, 0) is 43.7 Å². The summed E-state index contributed by atoms with van der Waals surface area (Å²) in [5.41, 5.74) is 0. The average Bonchev–Trinajstić information content (AvgIpc) is 2.65. The molecule has 1 aromatic rings. The molecule has 0 aromatic carbocycles. The highest BCUT2D eigenvalue weighted by atomic mass is 16.4. The van der Waals surface area contributed by atoms with Gasteiger partial charge in [0.05, 0.1) is 0 Å². The zero-order valence-corrected chi connectivity index (χ0v) is 9.57. The van der Waals surface area contributed by atoms with Gasteiger partial charge in [0.25, 0.3) is 0 Å². The van der Waals surface area contributed by atoms with Crippen LogP contribution in [0.15, 0.2) is 16.5 Å². The van der Waals surface area contributed by atoms with Gasteiger partial charge < -0.3 is 9.52 Å². The molecule has 15 heavy (non-hydrogen) atoms. The van der Waals surface area contributed by atoms with Crippen molar-refractivity contribution in [2.75, 3.05) is 0 Å². The average molecular weight is 208 g/mol. The molecule has 1 fully saturated rings. The van der Waals surface area contributed by atoms with Crippen molar-refractivity contribution in [2.45, 2.75) is 45.6 Å². The number of hydrogen-bond donors (Lipinski definition) is 1. The van der Waals surface area contributed by atoms with Crippen molar-refractivity contribution in [3.63, 3.8) is 0 Å². The van der Waals surface area contributed by atoms with E-state index in [0.717, 1.165) is 30.3 Å². The van der Waals surface area contributed by atoms with Gasteiger partial charge in [0.1, 0.15) is 17.6 Å². The maximum absolute atomic E-state index is 10.2. The van der Waals surface area contributed by atoms with Crippen LogP contribution in [0.3, 0.4) is 0 Å². The monoisotopic (exact) mass is 208 g/mol. The lowest BCUT2D eigenvalue weighted by atomic mass is 9.80. The Bertz CT molecular complexity index is 308. The van der Waals surface area contributed by atoms with E-state index in [1.54, 1.807) is 0 Å². The molecule has 2 heteroatoms. The van der Waals surface area contributed by atoms with E-state index in [-0.39, 0.29) is 0 Å². The molecule has 0 radical (unpaired) electrons. The van der Waals surface area contributed by atoms with Gasteiger partial charge in [-0.1, -0.05) is 19.8 Å². The summed E-state index contributed by atoms with van der Waals surface area (Å²) in [6.45, 7) is 4.21. The van der Waals surface area contributed by atoms with Crippen molar-refractivity contribution >= 4 is 0 Å². The molecule has 1 heterocycles. The summed E-state index contributed by atoms with van der Waals surface area (Å²) in [6.07, 6.45) is 4.33. The summed E-state index contributed by atoms with van der Waals surface area (Å²) in [7, 11) is 0. The van der Waals surface area contributed by atoms with Gasteiger partial charge in [-0.15, -0.1) is 0 Å². The van der Waals surface area contributed by atoms with Crippen molar-refractivity contribution in [1.82, 2.24) is 0 Å². The zero-order chi connectivity index (χ0) is 10.8. The van der Waals surface area contributed by atoms with E-state index >= 15 is 0 Å². The molecular formula is C13H20O2. The molecule has 1 N–H and O–H groups in total. The summed E-state index contributed by atoms with van der Waals surface area (Å²) in [5, 5.41) is 10.2. The first-order valence-corrected chi connectivity index (χ1v) is 5.91. The van der Waals surface area contributed by atoms with E-state index in [2.05, 4.69) is 6.92 Å². The molecule has 1 aliphatic carbocycles. The summed E-state index contributed by atoms with van der Waals surface area (Å²) in [4.78, 5) is 0. The molecule has 1 atom stereocenters. The van der Waals surface area contributed by atoms with Crippen LogP contribution in [0.25, 0.3) is 0 Å². The van der Waals surface area contributed by atoms with E-state index in [9.17, 15) is 5.11 Å². The number of hydrogen-bond acceptors (Lipinski definition) is 2. The fraction of sp³-hybridized carbons (Fsp3) is 0.692. The van der Waals surface area contributed by atoms with Crippen molar-refractivity contribution < 1.29 is 9.52 Å². The molecule has 0 saturated heterocycles. The molecular weight excluding hydrogens is 188 g/mol. The Balaban J connectivity index is 1.99. The van der Waals surface area contributed by atoms with Crippen LogP contribution in [0, 0.1) is 18.8 Å². The van der Waals surface area contributed by atoms with Crippen LogP contribution in [-0.2, 0) is 0 Å². The highest BCUT2D eigenvalue weighted by molar-refractivity contribution is 5.09. The predicted molar refractivity (Wildman–Crippen MR) is 59.5 cm³/mol. The maximum atomic E-state index is 10.2. The smallest absolute Gasteiger partial charge is 0.132 e. The Kier molecular flexibility index (Phi) is 3.15. The second-order valence-electron chi connectivity index (χ2n) is 4.91. The molecule has 84 valence electrons. The van der Waals surface area contributed by atoms with Crippen LogP contribution in [0.1, 0.15) is 50.2 Å². The summed E-state index contributed by atoms with van der Waals surface area (Å²) in [6, 6.07) is 3.82. The molecule has 0 aliphatic heterocycles. The van der Waals surface area contributed by atoms with Gasteiger partial charge in [0.15, 0.2) is 0 Å². The van der Waals surface area contributed by atoms with Gasteiger partial charge in [0.2, 0.25) is 0 Å². The van der Waals surface area contributed by atoms with Gasteiger partial charge in [-0.25, -0.2) is 0 Å². The highest BCUT2D eigenvalue weighted by Gasteiger charge is 2.27. The van der Waals surface area contributed by atoms with Gasteiger partial charge >= 0.3 is 0 Å². The summed E-state index contributed by atoms with van der Waals surface area (Å²) >= 11 is 0. The van der Waals surface area contributed by atoms with E-state index in [0.29, 0.717) is 5.92 Å². The third-order valence-electron chi connectivity index (χ3n) is 3.56. The Hall–Kier alpha value is -0.760. The molecule has 1 aliphatic rings. The Morgan fingerprint density at radius 3 is 2.47 bits per heavy atom. The topological polar surface area (TPSA) is 33.4 Å². The first-order chi connectivity index (χ1) is 7.16. The van der Waals surface area contributed by atoms with Crippen molar-refractivity contribution in [2.24, 2.45) is 11.8 Å². The highest BCUT2D eigenvalue weighted by Crippen LogP contribution is 2.36. The van der Waals surface area contributed by atoms with Crippen molar-refractivity contribution in [1.29, 1.82) is 0 Å². The number of aliphatic hydroxyl groups excluding tert-OH is 1. The van der Waals surface area contributed by atoms with Gasteiger partial charge in [-0.3, -0.25) is 0 Å². The summed E-state index contributed by atoms with van der Waals surface area (Å²) < 4.78 is 5.48. The third-order valence-corrected chi connectivity index (χ3v) is 3.56. The molecule has 1 unspecified atom stereocenters. The SMILES string of the molecule is Cc1ccc(C(O)C2CCC(C)CC2)o1. The van der Waals surface area contributed by atoms with Gasteiger partial charge in [0, 0.05) is 0 Å². The van der Waals surface area contributed by atoms with Crippen LogP contribution in [-0.4, -0.2) is 5.11 Å². The molecule has 2 nitrogen and oxygen atoms in total. The van der Waals surface area contributed by atoms with E-state index < -0.39 is 6.10 Å². The molecule has 1 saturated carbocycles. The minimum absolute atomic E-state index is 0.395.